The molecule has 1 aliphatic carbocycles. The fraction of sp³-hybridized carbons (Fsp3) is 0.562. The van der Waals surface area contributed by atoms with Crippen LogP contribution in [-0.4, -0.2) is 19.1 Å². The zero-order valence-electron chi connectivity index (χ0n) is 12.3. The van der Waals surface area contributed by atoms with Crippen molar-refractivity contribution < 1.29 is 9.53 Å². The summed E-state index contributed by atoms with van der Waals surface area (Å²) in [6, 6.07) is 7.89. The van der Waals surface area contributed by atoms with Crippen LogP contribution in [0.4, 0.5) is 0 Å². The van der Waals surface area contributed by atoms with E-state index in [2.05, 4.69) is 5.32 Å². The molecule has 0 aliphatic heterocycles. The summed E-state index contributed by atoms with van der Waals surface area (Å²) in [4.78, 5) is 12.3. The van der Waals surface area contributed by atoms with Crippen LogP contribution in [0.2, 0.25) is 0 Å². The van der Waals surface area contributed by atoms with Crippen molar-refractivity contribution >= 4 is 5.91 Å². The Morgan fingerprint density at radius 1 is 1.40 bits per heavy atom. The first-order valence-corrected chi connectivity index (χ1v) is 7.30. The molecule has 1 amide bonds. The Bertz CT molecular complexity index is 462. The number of benzene rings is 1. The summed E-state index contributed by atoms with van der Waals surface area (Å²) in [5, 5.41) is 3.09. The van der Waals surface area contributed by atoms with E-state index >= 15 is 0 Å². The molecule has 2 rings (SSSR count). The maximum atomic E-state index is 12.3. The van der Waals surface area contributed by atoms with E-state index in [1.807, 2.05) is 31.2 Å². The predicted octanol–water partition coefficient (Wildman–Crippen LogP) is 2.39. The maximum absolute atomic E-state index is 12.3. The van der Waals surface area contributed by atoms with Crippen LogP contribution in [0.15, 0.2) is 24.3 Å². The molecule has 0 heterocycles. The van der Waals surface area contributed by atoms with Crippen molar-refractivity contribution in [3.05, 3.63) is 29.8 Å². The van der Waals surface area contributed by atoms with E-state index in [1.165, 1.54) is 0 Å². The first-order valence-electron chi connectivity index (χ1n) is 7.30. The minimum absolute atomic E-state index is 0.0518. The molecular formula is C16H24N2O2. The van der Waals surface area contributed by atoms with E-state index in [1.54, 1.807) is 7.11 Å². The van der Waals surface area contributed by atoms with Crippen molar-refractivity contribution in [1.29, 1.82) is 0 Å². The van der Waals surface area contributed by atoms with Gasteiger partial charge < -0.3 is 15.8 Å². The molecule has 20 heavy (non-hydrogen) atoms. The minimum atomic E-state index is -0.0585. The van der Waals surface area contributed by atoms with Crippen LogP contribution in [0.25, 0.3) is 0 Å². The molecule has 3 atom stereocenters. The highest BCUT2D eigenvalue weighted by atomic mass is 16.5. The van der Waals surface area contributed by atoms with Gasteiger partial charge in [0.05, 0.1) is 13.2 Å². The maximum Gasteiger partial charge on any atom is 0.223 e. The van der Waals surface area contributed by atoms with Crippen molar-refractivity contribution in [1.82, 2.24) is 5.32 Å². The van der Waals surface area contributed by atoms with Crippen LogP contribution in [0, 0.1) is 5.92 Å². The Balaban J connectivity index is 2.00. The molecule has 0 spiro atoms. The van der Waals surface area contributed by atoms with E-state index in [-0.39, 0.29) is 23.9 Å². The SMILES string of the molecule is COc1ccccc1C(C)NC(=O)C1CCCC(N)C1. The fourth-order valence-corrected chi connectivity index (χ4v) is 2.90. The van der Waals surface area contributed by atoms with Crippen LogP contribution in [0.5, 0.6) is 5.75 Å². The van der Waals surface area contributed by atoms with Crippen LogP contribution < -0.4 is 15.8 Å². The normalized spacial score (nSPS) is 23.9. The third-order valence-electron chi connectivity index (χ3n) is 4.05. The molecule has 0 radical (unpaired) electrons. The molecule has 0 saturated heterocycles. The highest BCUT2D eigenvalue weighted by Gasteiger charge is 2.26. The van der Waals surface area contributed by atoms with Crippen LogP contribution in [-0.2, 0) is 4.79 Å². The van der Waals surface area contributed by atoms with Gasteiger partial charge in [-0.2, -0.15) is 0 Å². The lowest BCUT2D eigenvalue weighted by Crippen LogP contribution is -2.38. The minimum Gasteiger partial charge on any atom is -0.496 e. The van der Waals surface area contributed by atoms with Gasteiger partial charge in [0.1, 0.15) is 5.75 Å². The molecule has 110 valence electrons. The van der Waals surface area contributed by atoms with Crippen LogP contribution >= 0.6 is 0 Å². The number of carbonyl (C=O) groups excluding carboxylic acids is 1. The molecule has 1 aliphatic rings. The number of carbonyl (C=O) groups is 1. The third kappa shape index (κ3) is 3.51. The Morgan fingerprint density at radius 3 is 2.85 bits per heavy atom. The van der Waals surface area contributed by atoms with Gasteiger partial charge in [-0.15, -0.1) is 0 Å². The van der Waals surface area contributed by atoms with Gasteiger partial charge in [0.25, 0.3) is 0 Å². The number of ether oxygens (including phenoxy) is 1. The van der Waals surface area contributed by atoms with E-state index < -0.39 is 0 Å². The van der Waals surface area contributed by atoms with Crippen LogP contribution in [0.1, 0.15) is 44.2 Å². The van der Waals surface area contributed by atoms with Gasteiger partial charge in [0.15, 0.2) is 0 Å². The molecule has 1 saturated carbocycles. The summed E-state index contributed by atoms with van der Waals surface area (Å²) < 4.78 is 5.34. The van der Waals surface area contributed by atoms with Crippen molar-refractivity contribution in [3.8, 4) is 5.75 Å². The number of rotatable bonds is 4. The molecule has 3 unspecified atom stereocenters. The molecule has 0 bridgehead atoms. The van der Waals surface area contributed by atoms with Crippen molar-refractivity contribution in [2.75, 3.05) is 7.11 Å². The molecule has 1 fully saturated rings. The third-order valence-corrected chi connectivity index (χ3v) is 4.05. The Labute approximate surface area is 120 Å². The number of nitrogens with two attached hydrogens (primary N) is 1. The van der Waals surface area contributed by atoms with Gasteiger partial charge in [-0.3, -0.25) is 4.79 Å². The standard InChI is InChI=1S/C16H24N2O2/c1-11(14-8-3-4-9-15(14)20-2)18-16(19)12-6-5-7-13(17)10-12/h3-4,8-9,11-13H,5-7,10,17H2,1-2H3,(H,18,19). The Kier molecular flexibility index (Phi) is 5.01. The van der Waals surface area contributed by atoms with Gasteiger partial charge in [-0.05, 0) is 32.3 Å². The van der Waals surface area contributed by atoms with E-state index in [4.69, 9.17) is 10.5 Å². The smallest absolute Gasteiger partial charge is 0.223 e. The van der Waals surface area contributed by atoms with Gasteiger partial charge in [0.2, 0.25) is 5.91 Å². The second kappa shape index (κ2) is 6.75. The zero-order valence-corrected chi connectivity index (χ0v) is 12.3. The van der Waals surface area contributed by atoms with Gasteiger partial charge in [-0.1, -0.05) is 24.6 Å². The quantitative estimate of drug-likeness (QED) is 0.887. The summed E-state index contributed by atoms with van der Waals surface area (Å²) in [6.45, 7) is 1.98. The second-order valence-electron chi connectivity index (χ2n) is 5.60. The van der Waals surface area contributed by atoms with E-state index in [0.29, 0.717) is 0 Å². The van der Waals surface area contributed by atoms with Crippen molar-refractivity contribution in [2.45, 2.75) is 44.7 Å². The molecule has 1 aromatic carbocycles. The fourth-order valence-electron chi connectivity index (χ4n) is 2.90. The van der Waals surface area contributed by atoms with Gasteiger partial charge in [0, 0.05) is 17.5 Å². The van der Waals surface area contributed by atoms with Crippen LogP contribution in [0.3, 0.4) is 0 Å². The van der Waals surface area contributed by atoms with Gasteiger partial charge in [-0.25, -0.2) is 0 Å². The number of amides is 1. The first kappa shape index (κ1) is 14.9. The Morgan fingerprint density at radius 2 is 2.15 bits per heavy atom. The molecular weight excluding hydrogens is 252 g/mol. The lowest BCUT2D eigenvalue weighted by atomic mass is 9.85. The topological polar surface area (TPSA) is 64.3 Å². The summed E-state index contributed by atoms with van der Waals surface area (Å²) >= 11 is 0. The predicted molar refractivity (Wildman–Crippen MR) is 79.5 cm³/mol. The number of nitrogens with one attached hydrogen (secondary N) is 1. The molecule has 4 heteroatoms. The number of hydrogen-bond donors (Lipinski definition) is 2. The molecule has 0 aromatic heterocycles. The number of methoxy groups -OCH3 is 1. The lowest BCUT2D eigenvalue weighted by molar-refractivity contribution is -0.126. The lowest BCUT2D eigenvalue weighted by Gasteiger charge is -2.27. The number of hydrogen-bond acceptors (Lipinski definition) is 3. The highest BCUT2D eigenvalue weighted by Crippen LogP contribution is 2.27. The molecule has 4 nitrogen and oxygen atoms in total. The molecule has 1 aromatic rings. The first-order chi connectivity index (χ1) is 9.61. The summed E-state index contributed by atoms with van der Waals surface area (Å²) in [6.07, 6.45) is 3.82. The monoisotopic (exact) mass is 276 g/mol. The van der Waals surface area contributed by atoms with Crippen molar-refractivity contribution in [3.63, 3.8) is 0 Å². The average molecular weight is 276 g/mol. The number of para-hydroxylation sites is 1. The second-order valence-corrected chi connectivity index (χ2v) is 5.60. The summed E-state index contributed by atoms with van der Waals surface area (Å²) in [5.41, 5.74) is 6.95. The Hall–Kier alpha value is -1.55. The van der Waals surface area contributed by atoms with Gasteiger partial charge >= 0.3 is 0 Å². The largest absolute Gasteiger partial charge is 0.496 e. The molecule has 3 N–H and O–H groups in total. The summed E-state index contributed by atoms with van der Waals surface area (Å²) in [7, 11) is 1.65. The average Bonchev–Trinajstić information content (AvgIpc) is 2.47. The van der Waals surface area contributed by atoms with E-state index in [9.17, 15) is 4.79 Å². The summed E-state index contributed by atoms with van der Waals surface area (Å²) in [5.74, 6) is 0.968. The zero-order chi connectivity index (χ0) is 14.5. The highest BCUT2D eigenvalue weighted by molar-refractivity contribution is 5.79. The van der Waals surface area contributed by atoms with Crippen molar-refractivity contribution in [2.24, 2.45) is 11.7 Å². The van der Waals surface area contributed by atoms with E-state index in [0.717, 1.165) is 37.0 Å².